The maximum absolute atomic E-state index is 10.7. The fourth-order valence-corrected chi connectivity index (χ4v) is 2.40. The Hall–Kier alpha value is -0.410. The third kappa shape index (κ3) is 2.15. The van der Waals surface area contributed by atoms with Crippen LogP contribution in [0.2, 0.25) is 0 Å². The Kier molecular flexibility index (Phi) is 3.19. The molecule has 0 bridgehead atoms. The Labute approximate surface area is 84.8 Å². The van der Waals surface area contributed by atoms with E-state index in [1.165, 1.54) is 0 Å². The van der Waals surface area contributed by atoms with Gasteiger partial charge >= 0.3 is 0 Å². The molecule has 1 unspecified atom stereocenters. The summed E-state index contributed by atoms with van der Waals surface area (Å²) < 4.78 is 11.3. The largest absolute Gasteiger partial charge is 0.348 e. The molecule has 0 radical (unpaired) electrons. The number of hydrogen-bond acceptors (Lipinski definition) is 3. The van der Waals surface area contributed by atoms with Crippen LogP contribution in [-0.4, -0.2) is 25.3 Å². The lowest BCUT2D eigenvalue weighted by atomic mass is 9.89. The summed E-state index contributed by atoms with van der Waals surface area (Å²) in [6, 6.07) is 0. The van der Waals surface area contributed by atoms with Gasteiger partial charge in [0.15, 0.2) is 5.79 Å². The Morgan fingerprint density at radius 2 is 1.86 bits per heavy atom. The lowest BCUT2D eigenvalue weighted by Gasteiger charge is -2.30. The average molecular weight is 198 g/mol. The third-order valence-corrected chi connectivity index (χ3v) is 3.28. The highest BCUT2D eigenvalue weighted by Crippen LogP contribution is 2.34. The monoisotopic (exact) mass is 198 g/mol. The molecule has 14 heavy (non-hydrogen) atoms. The van der Waals surface area contributed by atoms with Gasteiger partial charge in [-0.2, -0.15) is 0 Å². The minimum absolute atomic E-state index is 0.222. The van der Waals surface area contributed by atoms with E-state index in [4.69, 9.17) is 9.47 Å². The van der Waals surface area contributed by atoms with Gasteiger partial charge in [0.05, 0.1) is 13.2 Å². The standard InChI is InChI=1S/C11H18O3/c12-9-10-3-1-2-5-11(6-4-10)13-7-8-14-11/h9-10H,1-8H2. The lowest BCUT2D eigenvalue weighted by Crippen LogP contribution is -2.32. The molecule has 0 amide bonds. The second kappa shape index (κ2) is 4.41. The zero-order valence-corrected chi connectivity index (χ0v) is 8.54. The van der Waals surface area contributed by atoms with Gasteiger partial charge < -0.3 is 14.3 Å². The predicted octanol–water partition coefficient (Wildman–Crippen LogP) is 1.90. The average Bonchev–Trinajstić information content (AvgIpc) is 2.63. The zero-order chi connectivity index (χ0) is 9.86. The van der Waals surface area contributed by atoms with Crippen LogP contribution in [0.1, 0.15) is 38.5 Å². The molecular formula is C11H18O3. The third-order valence-electron chi connectivity index (χ3n) is 3.28. The number of carbonyl (C=O) groups is 1. The van der Waals surface area contributed by atoms with Gasteiger partial charge in [0.1, 0.15) is 6.29 Å². The van der Waals surface area contributed by atoms with Gasteiger partial charge in [-0.15, -0.1) is 0 Å². The molecule has 3 heteroatoms. The van der Waals surface area contributed by atoms with Crippen LogP contribution in [0.4, 0.5) is 0 Å². The molecule has 3 nitrogen and oxygen atoms in total. The molecule has 0 aromatic rings. The molecule has 1 aliphatic heterocycles. The first-order chi connectivity index (χ1) is 6.85. The summed E-state index contributed by atoms with van der Waals surface area (Å²) in [5.41, 5.74) is 0. The number of rotatable bonds is 1. The van der Waals surface area contributed by atoms with Gasteiger partial charge in [-0.25, -0.2) is 0 Å². The summed E-state index contributed by atoms with van der Waals surface area (Å²) >= 11 is 0. The highest BCUT2D eigenvalue weighted by atomic mass is 16.7. The van der Waals surface area contributed by atoms with Crippen LogP contribution in [0.15, 0.2) is 0 Å². The van der Waals surface area contributed by atoms with Gasteiger partial charge in [0.25, 0.3) is 0 Å². The molecule has 1 aliphatic carbocycles. The topological polar surface area (TPSA) is 35.5 Å². The molecule has 2 rings (SSSR count). The van der Waals surface area contributed by atoms with Crippen molar-refractivity contribution in [3.63, 3.8) is 0 Å². The molecule has 1 saturated carbocycles. The van der Waals surface area contributed by atoms with Crippen LogP contribution in [-0.2, 0) is 14.3 Å². The molecule has 0 aromatic heterocycles. The molecule has 2 aliphatic rings. The molecule has 1 atom stereocenters. The maximum atomic E-state index is 10.7. The first-order valence-electron chi connectivity index (χ1n) is 5.58. The van der Waals surface area contributed by atoms with E-state index in [0.29, 0.717) is 13.2 Å². The van der Waals surface area contributed by atoms with Gasteiger partial charge in [-0.3, -0.25) is 0 Å². The quantitative estimate of drug-likeness (QED) is 0.604. The molecular weight excluding hydrogens is 180 g/mol. The van der Waals surface area contributed by atoms with Gasteiger partial charge in [0, 0.05) is 18.8 Å². The van der Waals surface area contributed by atoms with Crippen LogP contribution in [0, 0.1) is 5.92 Å². The van der Waals surface area contributed by atoms with E-state index in [0.717, 1.165) is 44.8 Å². The van der Waals surface area contributed by atoms with E-state index >= 15 is 0 Å². The van der Waals surface area contributed by atoms with Crippen molar-refractivity contribution >= 4 is 6.29 Å². The number of ether oxygens (including phenoxy) is 2. The van der Waals surface area contributed by atoms with Crippen molar-refractivity contribution < 1.29 is 14.3 Å². The fraction of sp³-hybridized carbons (Fsp3) is 0.909. The van der Waals surface area contributed by atoms with Crippen LogP contribution >= 0.6 is 0 Å². The Balaban J connectivity index is 1.95. The first kappa shape index (κ1) is 10.1. The molecule has 1 heterocycles. The van der Waals surface area contributed by atoms with Gasteiger partial charge in [-0.1, -0.05) is 6.42 Å². The van der Waals surface area contributed by atoms with E-state index in [1.807, 2.05) is 0 Å². The van der Waals surface area contributed by atoms with Crippen molar-refractivity contribution in [2.75, 3.05) is 13.2 Å². The lowest BCUT2D eigenvalue weighted by molar-refractivity contribution is -0.172. The van der Waals surface area contributed by atoms with Crippen molar-refractivity contribution in [1.29, 1.82) is 0 Å². The minimum atomic E-state index is -0.332. The highest BCUT2D eigenvalue weighted by Gasteiger charge is 2.37. The zero-order valence-electron chi connectivity index (χ0n) is 8.54. The highest BCUT2D eigenvalue weighted by molar-refractivity contribution is 5.53. The normalized spacial score (nSPS) is 32.4. The van der Waals surface area contributed by atoms with Crippen LogP contribution in [0.5, 0.6) is 0 Å². The van der Waals surface area contributed by atoms with Crippen LogP contribution < -0.4 is 0 Å². The Bertz CT molecular complexity index is 197. The van der Waals surface area contributed by atoms with Gasteiger partial charge in [-0.05, 0) is 19.3 Å². The fourth-order valence-electron chi connectivity index (χ4n) is 2.40. The molecule has 0 N–H and O–H groups in total. The van der Waals surface area contributed by atoms with Crippen molar-refractivity contribution in [2.45, 2.75) is 44.3 Å². The Morgan fingerprint density at radius 1 is 1.07 bits per heavy atom. The molecule has 0 aromatic carbocycles. The number of hydrogen-bond donors (Lipinski definition) is 0. The summed E-state index contributed by atoms with van der Waals surface area (Å²) in [7, 11) is 0. The summed E-state index contributed by atoms with van der Waals surface area (Å²) in [5.74, 6) is -0.109. The van der Waals surface area contributed by atoms with Crippen molar-refractivity contribution in [1.82, 2.24) is 0 Å². The van der Waals surface area contributed by atoms with E-state index in [-0.39, 0.29) is 11.7 Å². The van der Waals surface area contributed by atoms with E-state index in [1.54, 1.807) is 0 Å². The Morgan fingerprint density at radius 3 is 2.57 bits per heavy atom. The molecule has 1 spiro atoms. The van der Waals surface area contributed by atoms with Gasteiger partial charge in [0.2, 0.25) is 0 Å². The van der Waals surface area contributed by atoms with Crippen molar-refractivity contribution in [3.8, 4) is 0 Å². The van der Waals surface area contributed by atoms with Crippen LogP contribution in [0.3, 0.4) is 0 Å². The predicted molar refractivity (Wildman–Crippen MR) is 51.9 cm³/mol. The second-order valence-corrected chi connectivity index (χ2v) is 4.29. The van der Waals surface area contributed by atoms with Crippen LogP contribution in [0.25, 0.3) is 0 Å². The summed E-state index contributed by atoms with van der Waals surface area (Å²) in [6.07, 6.45) is 7.17. The van der Waals surface area contributed by atoms with E-state index in [9.17, 15) is 4.79 Å². The van der Waals surface area contributed by atoms with Crippen molar-refractivity contribution in [2.24, 2.45) is 5.92 Å². The molecule has 80 valence electrons. The summed E-state index contributed by atoms with van der Waals surface area (Å²) in [6.45, 7) is 1.43. The number of carbonyl (C=O) groups excluding carboxylic acids is 1. The summed E-state index contributed by atoms with van der Waals surface area (Å²) in [4.78, 5) is 10.7. The molecule has 2 fully saturated rings. The van der Waals surface area contributed by atoms with E-state index in [2.05, 4.69) is 0 Å². The number of aldehydes is 1. The second-order valence-electron chi connectivity index (χ2n) is 4.29. The smallest absolute Gasteiger partial charge is 0.168 e. The maximum Gasteiger partial charge on any atom is 0.168 e. The summed E-state index contributed by atoms with van der Waals surface area (Å²) in [5, 5.41) is 0. The molecule has 1 saturated heterocycles. The van der Waals surface area contributed by atoms with Crippen molar-refractivity contribution in [3.05, 3.63) is 0 Å². The van der Waals surface area contributed by atoms with E-state index < -0.39 is 0 Å². The first-order valence-corrected chi connectivity index (χ1v) is 5.58. The minimum Gasteiger partial charge on any atom is -0.348 e. The SMILES string of the molecule is O=CC1CCCCC2(CC1)OCCO2.